The summed E-state index contributed by atoms with van der Waals surface area (Å²) in [5.74, 6) is -0.613. The lowest BCUT2D eigenvalue weighted by molar-refractivity contribution is 0.0934. The Hall–Kier alpha value is -1.58. The zero-order chi connectivity index (χ0) is 13.0. The van der Waals surface area contributed by atoms with Gasteiger partial charge in [0.1, 0.15) is 5.82 Å². The minimum atomic E-state index is -0.418. The van der Waals surface area contributed by atoms with E-state index in [-0.39, 0.29) is 17.6 Å². The zero-order valence-electron chi connectivity index (χ0n) is 10.4. The number of carbonyl (C=O) groups is 1. The first kappa shape index (κ1) is 12.9. The molecule has 1 aliphatic carbocycles. The number of amides is 1. The minimum absolute atomic E-state index is 0.195. The van der Waals surface area contributed by atoms with E-state index in [1.54, 1.807) is 0 Å². The lowest BCUT2D eigenvalue weighted by Gasteiger charge is -2.16. The number of nitrogens with one attached hydrogen (secondary N) is 1. The van der Waals surface area contributed by atoms with Crippen LogP contribution < -0.4 is 11.1 Å². The van der Waals surface area contributed by atoms with E-state index in [1.165, 1.54) is 31.0 Å². The van der Waals surface area contributed by atoms with Gasteiger partial charge < -0.3 is 11.1 Å². The molecule has 3 N–H and O–H groups in total. The topological polar surface area (TPSA) is 55.1 Å². The molecule has 2 rings (SSSR count). The fourth-order valence-electron chi connectivity index (χ4n) is 2.43. The van der Waals surface area contributed by atoms with Gasteiger partial charge in [-0.05, 0) is 31.0 Å². The molecule has 1 saturated carbocycles. The van der Waals surface area contributed by atoms with E-state index in [2.05, 4.69) is 5.32 Å². The molecule has 1 aliphatic rings. The van der Waals surface area contributed by atoms with Crippen LogP contribution >= 0.6 is 0 Å². The lowest BCUT2D eigenvalue weighted by atomic mass is 10.1. The Balaban J connectivity index is 2.02. The molecule has 1 aromatic rings. The van der Waals surface area contributed by atoms with Crippen LogP contribution in [0.25, 0.3) is 0 Å². The van der Waals surface area contributed by atoms with E-state index in [0.717, 1.165) is 25.7 Å². The maximum Gasteiger partial charge on any atom is 0.253 e. The van der Waals surface area contributed by atoms with Gasteiger partial charge in [0.2, 0.25) is 0 Å². The summed E-state index contributed by atoms with van der Waals surface area (Å²) >= 11 is 0. The van der Waals surface area contributed by atoms with Gasteiger partial charge >= 0.3 is 0 Å². The summed E-state index contributed by atoms with van der Waals surface area (Å²) in [4.78, 5) is 12.0. The summed E-state index contributed by atoms with van der Waals surface area (Å²) in [5.41, 5.74) is 6.21. The number of hydrogen-bond acceptors (Lipinski definition) is 2. The summed E-state index contributed by atoms with van der Waals surface area (Å²) in [7, 11) is 0. The average molecular weight is 250 g/mol. The van der Waals surface area contributed by atoms with Crippen molar-refractivity contribution in [2.75, 3.05) is 5.73 Å². The molecule has 1 fully saturated rings. The zero-order valence-corrected chi connectivity index (χ0v) is 10.4. The van der Waals surface area contributed by atoms with Crippen molar-refractivity contribution in [3.63, 3.8) is 0 Å². The predicted molar refractivity (Wildman–Crippen MR) is 69.8 cm³/mol. The maximum absolute atomic E-state index is 12.9. The van der Waals surface area contributed by atoms with E-state index in [0.29, 0.717) is 5.56 Å². The van der Waals surface area contributed by atoms with E-state index in [4.69, 9.17) is 5.73 Å². The molecule has 0 radical (unpaired) electrons. The quantitative estimate of drug-likeness (QED) is 0.626. The Morgan fingerprint density at radius 3 is 2.50 bits per heavy atom. The van der Waals surface area contributed by atoms with Gasteiger partial charge in [-0.2, -0.15) is 0 Å². The van der Waals surface area contributed by atoms with E-state index < -0.39 is 5.82 Å². The van der Waals surface area contributed by atoms with E-state index in [1.807, 2.05) is 0 Å². The molecular formula is C14H19FN2O. The second-order valence-electron chi connectivity index (χ2n) is 4.89. The minimum Gasteiger partial charge on any atom is -0.398 e. The van der Waals surface area contributed by atoms with Crippen LogP contribution in [-0.2, 0) is 0 Å². The first-order valence-electron chi connectivity index (χ1n) is 6.52. The van der Waals surface area contributed by atoms with Crippen molar-refractivity contribution in [1.29, 1.82) is 0 Å². The normalized spacial score (nSPS) is 17.2. The molecular weight excluding hydrogens is 231 g/mol. The fraction of sp³-hybridized carbons (Fsp3) is 0.500. The standard InChI is InChI=1S/C14H19FN2O/c15-10-7-8-12(13(16)9-10)14(18)17-11-5-3-1-2-4-6-11/h7-9,11H,1-6,16H2,(H,17,18). The molecule has 0 unspecified atom stereocenters. The molecule has 3 nitrogen and oxygen atoms in total. The number of nitrogen functional groups attached to an aromatic ring is 1. The molecule has 0 bridgehead atoms. The van der Waals surface area contributed by atoms with Gasteiger partial charge in [0, 0.05) is 11.7 Å². The largest absolute Gasteiger partial charge is 0.398 e. The van der Waals surface area contributed by atoms with Gasteiger partial charge in [-0.15, -0.1) is 0 Å². The number of halogens is 1. The number of anilines is 1. The van der Waals surface area contributed by atoms with Gasteiger partial charge in [-0.1, -0.05) is 25.7 Å². The number of nitrogens with two attached hydrogens (primary N) is 1. The number of hydrogen-bond donors (Lipinski definition) is 2. The molecule has 18 heavy (non-hydrogen) atoms. The SMILES string of the molecule is Nc1cc(F)ccc1C(=O)NC1CCCCCC1. The first-order valence-corrected chi connectivity index (χ1v) is 6.52. The highest BCUT2D eigenvalue weighted by molar-refractivity contribution is 5.99. The van der Waals surface area contributed by atoms with Crippen molar-refractivity contribution in [3.05, 3.63) is 29.6 Å². The smallest absolute Gasteiger partial charge is 0.253 e. The third kappa shape index (κ3) is 3.22. The summed E-state index contributed by atoms with van der Waals surface area (Å²) in [6.07, 6.45) is 6.84. The number of carbonyl (C=O) groups excluding carboxylic acids is 1. The lowest BCUT2D eigenvalue weighted by Crippen LogP contribution is -2.34. The average Bonchev–Trinajstić information content (AvgIpc) is 2.57. The summed E-state index contributed by atoms with van der Waals surface area (Å²) in [6, 6.07) is 4.11. The van der Waals surface area contributed by atoms with Crippen LogP contribution in [0.2, 0.25) is 0 Å². The summed E-state index contributed by atoms with van der Waals surface area (Å²) < 4.78 is 12.9. The molecule has 0 spiro atoms. The molecule has 0 heterocycles. The fourth-order valence-corrected chi connectivity index (χ4v) is 2.43. The first-order chi connectivity index (χ1) is 8.66. The molecule has 0 aliphatic heterocycles. The molecule has 0 aromatic heterocycles. The molecule has 0 saturated heterocycles. The third-order valence-corrected chi connectivity index (χ3v) is 3.45. The monoisotopic (exact) mass is 250 g/mol. The van der Waals surface area contributed by atoms with E-state index >= 15 is 0 Å². The second kappa shape index (κ2) is 5.85. The Bertz CT molecular complexity index is 426. The van der Waals surface area contributed by atoms with Crippen LogP contribution in [0.15, 0.2) is 18.2 Å². The van der Waals surface area contributed by atoms with Crippen molar-refractivity contribution in [3.8, 4) is 0 Å². The molecule has 98 valence electrons. The van der Waals surface area contributed by atoms with Crippen molar-refractivity contribution < 1.29 is 9.18 Å². The highest BCUT2D eigenvalue weighted by Crippen LogP contribution is 2.19. The van der Waals surface area contributed by atoms with Crippen molar-refractivity contribution in [2.45, 2.75) is 44.6 Å². The van der Waals surface area contributed by atoms with Gasteiger partial charge in [0.15, 0.2) is 0 Å². The Morgan fingerprint density at radius 2 is 1.89 bits per heavy atom. The van der Waals surface area contributed by atoms with Crippen LogP contribution in [0.4, 0.5) is 10.1 Å². The van der Waals surface area contributed by atoms with Crippen LogP contribution in [-0.4, -0.2) is 11.9 Å². The maximum atomic E-state index is 12.9. The van der Waals surface area contributed by atoms with Gasteiger partial charge in [0.05, 0.1) is 5.56 Å². The second-order valence-corrected chi connectivity index (χ2v) is 4.89. The predicted octanol–water partition coefficient (Wildman–Crippen LogP) is 2.86. The highest BCUT2D eigenvalue weighted by Gasteiger charge is 2.17. The van der Waals surface area contributed by atoms with Gasteiger partial charge in [-0.3, -0.25) is 4.79 Å². The summed E-state index contributed by atoms with van der Waals surface area (Å²) in [6.45, 7) is 0. The Labute approximate surface area is 107 Å². The van der Waals surface area contributed by atoms with Crippen LogP contribution in [0.5, 0.6) is 0 Å². The Morgan fingerprint density at radius 1 is 1.22 bits per heavy atom. The van der Waals surface area contributed by atoms with Crippen molar-refractivity contribution in [2.24, 2.45) is 0 Å². The highest BCUT2D eigenvalue weighted by atomic mass is 19.1. The van der Waals surface area contributed by atoms with Crippen molar-refractivity contribution >= 4 is 11.6 Å². The molecule has 4 heteroatoms. The van der Waals surface area contributed by atoms with Crippen LogP contribution in [0.3, 0.4) is 0 Å². The van der Waals surface area contributed by atoms with Gasteiger partial charge in [0.25, 0.3) is 5.91 Å². The number of rotatable bonds is 2. The van der Waals surface area contributed by atoms with E-state index in [9.17, 15) is 9.18 Å². The van der Waals surface area contributed by atoms with Gasteiger partial charge in [-0.25, -0.2) is 4.39 Å². The van der Waals surface area contributed by atoms with Crippen molar-refractivity contribution in [1.82, 2.24) is 5.32 Å². The number of benzene rings is 1. The Kier molecular flexibility index (Phi) is 4.18. The molecule has 1 amide bonds. The van der Waals surface area contributed by atoms with Crippen LogP contribution in [0.1, 0.15) is 48.9 Å². The molecule has 1 aromatic carbocycles. The van der Waals surface area contributed by atoms with Crippen LogP contribution in [0, 0.1) is 5.82 Å². The summed E-state index contributed by atoms with van der Waals surface area (Å²) in [5, 5.41) is 2.99. The third-order valence-electron chi connectivity index (χ3n) is 3.45. The molecule has 0 atom stereocenters.